The predicted molar refractivity (Wildman–Crippen MR) is 189 cm³/mol. The number of para-hydroxylation sites is 3. The lowest BCUT2D eigenvalue weighted by molar-refractivity contribution is -0.141. The van der Waals surface area contributed by atoms with E-state index in [-0.39, 0.29) is 17.8 Å². The van der Waals surface area contributed by atoms with Crippen LogP contribution in [0.4, 0.5) is 14.7 Å². The van der Waals surface area contributed by atoms with Gasteiger partial charge in [-0.15, -0.1) is 0 Å². The summed E-state index contributed by atoms with van der Waals surface area (Å²) in [7, 11) is 1.63. The minimum Gasteiger partial charge on any atom is -0.496 e. The average molecular weight is 664 g/mol. The highest BCUT2D eigenvalue weighted by molar-refractivity contribution is 5.86. The molecule has 7 nitrogen and oxygen atoms in total. The number of rotatable bonds is 12. The Morgan fingerprint density at radius 2 is 1.61 bits per heavy atom. The van der Waals surface area contributed by atoms with Crippen molar-refractivity contribution in [1.29, 1.82) is 0 Å². The number of aromatic nitrogens is 2. The zero-order valence-corrected chi connectivity index (χ0v) is 27.9. The molecule has 1 amide bonds. The molecule has 254 valence electrons. The maximum absolute atomic E-state index is 16.6. The van der Waals surface area contributed by atoms with E-state index in [2.05, 4.69) is 20.9 Å². The monoisotopic (exact) mass is 663 g/mol. The number of fused-ring (bicyclic) bond motifs is 1. The van der Waals surface area contributed by atoms with Crippen LogP contribution in [0, 0.1) is 11.2 Å². The topological polar surface area (TPSA) is 62.6 Å². The average Bonchev–Trinajstić information content (AvgIpc) is 3.65. The molecule has 2 saturated heterocycles. The van der Waals surface area contributed by atoms with Crippen molar-refractivity contribution in [1.82, 2.24) is 19.4 Å². The molecule has 9 heteroatoms. The first-order chi connectivity index (χ1) is 23.9. The molecule has 3 heterocycles. The van der Waals surface area contributed by atoms with E-state index in [1.54, 1.807) is 19.2 Å². The van der Waals surface area contributed by atoms with Gasteiger partial charge in [-0.3, -0.25) is 4.79 Å². The van der Waals surface area contributed by atoms with Crippen molar-refractivity contribution in [3.63, 3.8) is 0 Å². The molecule has 0 saturated carbocycles. The smallest absolute Gasteiger partial charge is 0.232 e. The van der Waals surface area contributed by atoms with Crippen molar-refractivity contribution in [2.24, 2.45) is 5.41 Å². The lowest BCUT2D eigenvalue weighted by Crippen LogP contribution is -2.44. The number of likely N-dealkylation sites (tertiary alicyclic amines) is 2. The zero-order chi connectivity index (χ0) is 33.8. The molecular formula is C40H43F2N5O2. The minimum absolute atomic E-state index is 0.119. The van der Waals surface area contributed by atoms with E-state index < -0.39 is 11.6 Å². The highest BCUT2D eigenvalue weighted by atomic mass is 19.1. The van der Waals surface area contributed by atoms with E-state index >= 15 is 4.39 Å². The summed E-state index contributed by atoms with van der Waals surface area (Å²) in [6.07, 6.45) is 1.34. The van der Waals surface area contributed by atoms with E-state index in [0.717, 1.165) is 59.8 Å². The molecular weight excluding hydrogens is 620 g/mol. The van der Waals surface area contributed by atoms with Gasteiger partial charge in [-0.2, -0.15) is 0 Å². The van der Waals surface area contributed by atoms with Crippen LogP contribution in [0.5, 0.6) is 5.75 Å². The van der Waals surface area contributed by atoms with Gasteiger partial charge in [-0.05, 0) is 73.7 Å². The molecule has 2 fully saturated rings. The predicted octanol–water partition coefficient (Wildman–Crippen LogP) is 7.63. The van der Waals surface area contributed by atoms with Gasteiger partial charge in [0.05, 0.1) is 30.1 Å². The molecule has 2 aliphatic heterocycles. The van der Waals surface area contributed by atoms with Crippen LogP contribution < -0.4 is 10.1 Å². The number of nitrogens with one attached hydrogen (secondary N) is 1. The van der Waals surface area contributed by atoms with Crippen molar-refractivity contribution >= 4 is 22.9 Å². The molecule has 0 spiro atoms. The van der Waals surface area contributed by atoms with Crippen molar-refractivity contribution in [3.05, 3.63) is 126 Å². The number of benzene rings is 4. The van der Waals surface area contributed by atoms with Crippen LogP contribution in [-0.2, 0) is 17.9 Å². The van der Waals surface area contributed by atoms with E-state index in [1.165, 1.54) is 12.1 Å². The van der Waals surface area contributed by atoms with Crippen LogP contribution in [0.2, 0.25) is 0 Å². The number of halogens is 2. The summed E-state index contributed by atoms with van der Waals surface area (Å²) >= 11 is 0. The summed E-state index contributed by atoms with van der Waals surface area (Å²) in [5.41, 5.74) is 3.30. The number of nitrogens with zero attached hydrogens (tertiary/aromatic N) is 4. The number of imidazole rings is 1. The second-order valence-corrected chi connectivity index (χ2v) is 13.4. The third-order valence-electron chi connectivity index (χ3n) is 10.4. The van der Waals surface area contributed by atoms with Crippen LogP contribution in [0.15, 0.2) is 103 Å². The van der Waals surface area contributed by atoms with Gasteiger partial charge in [0.25, 0.3) is 0 Å². The summed E-state index contributed by atoms with van der Waals surface area (Å²) in [6.45, 7) is 3.82. The van der Waals surface area contributed by atoms with Crippen molar-refractivity contribution in [3.8, 4) is 5.75 Å². The number of carbonyl (C=O) groups is 1. The highest BCUT2D eigenvalue weighted by Crippen LogP contribution is 2.49. The normalized spacial score (nSPS) is 19.4. The quantitative estimate of drug-likeness (QED) is 0.149. The maximum atomic E-state index is 16.6. The van der Waals surface area contributed by atoms with Crippen molar-refractivity contribution in [2.75, 3.05) is 38.6 Å². The van der Waals surface area contributed by atoms with E-state index in [1.807, 2.05) is 77.7 Å². The molecule has 7 rings (SSSR count). The fourth-order valence-electron chi connectivity index (χ4n) is 7.54. The highest BCUT2D eigenvalue weighted by Gasteiger charge is 2.53. The summed E-state index contributed by atoms with van der Waals surface area (Å²) in [5.74, 6) is 1.17. The van der Waals surface area contributed by atoms with Gasteiger partial charge in [0.1, 0.15) is 17.7 Å². The first-order valence-corrected chi connectivity index (χ1v) is 17.2. The third-order valence-corrected chi connectivity index (χ3v) is 10.4. The number of ether oxygens (including phenoxy) is 1. The molecule has 5 aromatic rings. The Hall–Kier alpha value is -4.76. The molecule has 2 atom stereocenters. The Morgan fingerprint density at radius 1 is 0.898 bits per heavy atom. The summed E-state index contributed by atoms with van der Waals surface area (Å²) < 4.78 is 37.9. The molecule has 1 aromatic heterocycles. The molecule has 2 unspecified atom stereocenters. The van der Waals surface area contributed by atoms with Gasteiger partial charge in [0.2, 0.25) is 11.9 Å². The zero-order valence-electron chi connectivity index (χ0n) is 27.9. The SMILES string of the molecule is COc1ccccc1CN1CCC(CCN2CCC(Nc3nc4ccccc4n3Cc3ccc(F)cc3)CC2)(C(F)c2ccccc2)C1=O. The molecule has 0 aliphatic carbocycles. The van der Waals surface area contributed by atoms with Crippen LogP contribution in [0.3, 0.4) is 0 Å². The molecule has 0 radical (unpaired) electrons. The second kappa shape index (κ2) is 14.4. The standard InChI is InChI=1S/C40H43F2N5O2/c1-49-36-14-8-5-11-31(36)28-46-26-22-40(38(46)48,37(42)30-9-3-2-4-10-30)21-25-45-23-19-33(20-24-45)43-39-44-34-12-6-7-13-35(34)47(39)27-29-15-17-32(41)18-16-29/h2-18,33,37H,19-28H2,1H3,(H,43,44). The Bertz CT molecular complexity index is 1870. The number of methoxy groups -OCH3 is 1. The molecule has 1 N–H and O–H groups in total. The number of alkyl halides is 1. The largest absolute Gasteiger partial charge is 0.496 e. The maximum Gasteiger partial charge on any atom is 0.232 e. The lowest BCUT2D eigenvalue weighted by Gasteiger charge is -2.37. The number of anilines is 1. The van der Waals surface area contributed by atoms with Crippen LogP contribution in [0.25, 0.3) is 11.0 Å². The van der Waals surface area contributed by atoms with Gasteiger partial charge in [0.15, 0.2) is 0 Å². The molecule has 0 bridgehead atoms. The number of hydrogen-bond donors (Lipinski definition) is 1. The Labute approximate surface area is 286 Å². The van der Waals surface area contributed by atoms with Crippen molar-refractivity contribution in [2.45, 2.75) is 51.0 Å². The first-order valence-electron chi connectivity index (χ1n) is 17.2. The van der Waals surface area contributed by atoms with Gasteiger partial charge >= 0.3 is 0 Å². The van der Waals surface area contributed by atoms with Crippen LogP contribution in [0.1, 0.15) is 48.5 Å². The van der Waals surface area contributed by atoms with E-state index in [0.29, 0.717) is 44.6 Å². The summed E-state index contributed by atoms with van der Waals surface area (Å²) in [4.78, 5) is 23.3. The number of amides is 1. The summed E-state index contributed by atoms with van der Waals surface area (Å²) in [5, 5.41) is 3.70. The fourth-order valence-corrected chi connectivity index (χ4v) is 7.54. The molecule has 49 heavy (non-hydrogen) atoms. The van der Waals surface area contributed by atoms with E-state index in [9.17, 15) is 9.18 Å². The third kappa shape index (κ3) is 6.90. The number of carbonyl (C=O) groups excluding carboxylic acids is 1. The fraction of sp³-hybridized carbons (Fsp3) is 0.350. The van der Waals surface area contributed by atoms with Gasteiger partial charge in [0, 0.05) is 37.8 Å². The van der Waals surface area contributed by atoms with Crippen molar-refractivity contribution < 1.29 is 18.3 Å². The number of piperidine rings is 1. The Balaban J connectivity index is 1.02. The van der Waals surface area contributed by atoms with Crippen LogP contribution >= 0.6 is 0 Å². The minimum atomic E-state index is -1.39. The lowest BCUT2D eigenvalue weighted by atomic mass is 9.75. The Kier molecular flexibility index (Phi) is 9.62. The first kappa shape index (κ1) is 32.8. The summed E-state index contributed by atoms with van der Waals surface area (Å²) in [6, 6.07) is 31.7. The van der Waals surface area contributed by atoms with Gasteiger partial charge < -0.3 is 24.4 Å². The number of hydrogen-bond acceptors (Lipinski definition) is 5. The van der Waals surface area contributed by atoms with Gasteiger partial charge in [-0.25, -0.2) is 13.8 Å². The van der Waals surface area contributed by atoms with Gasteiger partial charge in [-0.1, -0.05) is 72.8 Å². The second-order valence-electron chi connectivity index (χ2n) is 13.4. The van der Waals surface area contributed by atoms with Crippen LogP contribution in [-0.4, -0.2) is 64.6 Å². The molecule has 4 aromatic carbocycles. The molecule has 2 aliphatic rings. The van der Waals surface area contributed by atoms with E-state index in [4.69, 9.17) is 9.72 Å². The Morgan fingerprint density at radius 3 is 2.39 bits per heavy atom.